The monoisotopic (exact) mass is 382 g/mol. The molecule has 2 atom stereocenters. The molecule has 1 saturated carbocycles. The topological polar surface area (TPSA) is 34.0 Å². The number of nitrogens with one attached hydrogen (secondary N) is 1. The lowest BCUT2D eigenvalue weighted by molar-refractivity contribution is -0.118. The molecule has 1 aliphatic carbocycles. The Balaban J connectivity index is 1.73. The van der Waals surface area contributed by atoms with Gasteiger partial charge in [-0.05, 0) is 41.5 Å². The first kappa shape index (κ1) is 18.4. The van der Waals surface area contributed by atoms with Crippen molar-refractivity contribution in [3.8, 4) is 0 Å². The van der Waals surface area contributed by atoms with Gasteiger partial charge in [-0.25, -0.2) is 0 Å². The van der Waals surface area contributed by atoms with Crippen LogP contribution in [-0.4, -0.2) is 22.9 Å². The van der Waals surface area contributed by atoms with E-state index in [2.05, 4.69) is 74.1 Å². The lowest BCUT2D eigenvalue weighted by atomic mass is 9.98. The molecular weight excluding hydrogens is 356 g/mol. The van der Waals surface area contributed by atoms with E-state index in [9.17, 15) is 4.79 Å². The number of amides is 1. The maximum Gasteiger partial charge on any atom is 0.234 e. The molecule has 0 spiro atoms. The summed E-state index contributed by atoms with van der Waals surface area (Å²) in [7, 11) is 2.18. The zero-order valence-corrected chi connectivity index (χ0v) is 17.2. The lowest BCUT2D eigenvalue weighted by Gasteiger charge is -2.04. The molecule has 0 aliphatic heterocycles. The summed E-state index contributed by atoms with van der Waals surface area (Å²) in [5, 5.41) is 6.89. The van der Waals surface area contributed by atoms with Crippen LogP contribution < -0.4 is 5.32 Å². The Morgan fingerprint density at radius 2 is 1.93 bits per heavy atom. The van der Waals surface area contributed by atoms with Crippen LogP contribution in [0.4, 0.5) is 0 Å². The van der Waals surface area contributed by atoms with Crippen LogP contribution in [0.15, 0.2) is 36.4 Å². The normalized spacial score (nSPS) is 20.9. The third-order valence-corrected chi connectivity index (χ3v) is 6.92. The van der Waals surface area contributed by atoms with Crippen LogP contribution in [-0.2, 0) is 11.8 Å². The highest BCUT2D eigenvalue weighted by atomic mass is 35.5. The number of hydrogen-bond acceptors (Lipinski definition) is 1. The Kier molecular flexibility index (Phi) is 4.46. The van der Waals surface area contributed by atoms with Gasteiger partial charge in [0.2, 0.25) is 5.91 Å². The second kappa shape index (κ2) is 6.56. The molecule has 3 nitrogen and oxygen atoms in total. The minimum Gasteiger partial charge on any atom is -0.355 e. The molecule has 1 heterocycles. The average molecular weight is 383 g/mol. The molecule has 3 aromatic rings. The fourth-order valence-electron chi connectivity index (χ4n) is 5.04. The first-order chi connectivity index (χ1) is 12.9. The zero-order chi connectivity index (χ0) is 19.3. The summed E-state index contributed by atoms with van der Waals surface area (Å²) >= 11 is 5.59. The van der Waals surface area contributed by atoms with Crippen LogP contribution >= 0.6 is 11.6 Å². The molecule has 2 aromatic carbocycles. The van der Waals surface area contributed by atoms with Gasteiger partial charge >= 0.3 is 0 Å². The number of carbonyl (C=O) groups is 1. The fourth-order valence-corrected chi connectivity index (χ4v) is 5.13. The van der Waals surface area contributed by atoms with Gasteiger partial charge in [0.25, 0.3) is 0 Å². The predicted octanol–water partition coefficient (Wildman–Crippen LogP) is 5.12. The smallest absolute Gasteiger partial charge is 0.234 e. The molecule has 142 valence electrons. The third-order valence-electron chi connectivity index (χ3n) is 6.68. The summed E-state index contributed by atoms with van der Waals surface area (Å²) in [4.78, 5) is 11.4. The molecule has 27 heavy (non-hydrogen) atoms. The maximum absolute atomic E-state index is 11.4. The van der Waals surface area contributed by atoms with Gasteiger partial charge < -0.3 is 9.88 Å². The van der Waals surface area contributed by atoms with Gasteiger partial charge in [0.15, 0.2) is 0 Å². The number of aromatic nitrogens is 1. The average Bonchev–Trinajstić information content (AvgIpc) is 3.09. The minimum atomic E-state index is -0.0838. The molecule has 1 aliphatic rings. The third kappa shape index (κ3) is 2.84. The van der Waals surface area contributed by atoms with Crippen molar-refractivity contribution in [1.29, 1.82) is 0 Å². The van der Waals surface area contributed by atoms with E-state index in [1.807, 2.05) is 0 Å². The standard InChI is InChI=1S/C23H27ClN2O/c1-14-20(21-18(23(21,2)3)11-12-25-19(27)13-24)17-10-9-15-7-5-6-8-16(15)22(17)26(14)4/h5-10,18,21H,11-13H2,1-4H3,(H,25,27)/t18-,21+/m0/s1. The Labute approximate surface area is 165 Å². The van der Waals surface area contributed by atoms with Crippen molar-refractivity contribution in [2.45, 2.75) is 33.1 Å². The number of hydrogen-bond donors (Lipinski definition) is 1. The van der Waals surface area contributed by atoms with Gasteiger partial charge in [-0.1, -0.05) is 50.2 Å². The molecule has 0 radical (unpaired) electrons. The van der Waals surface area contributed by atoms with Crippen LogP contribution in [0.3, 0.4) is 0 Å². The van der Waals surface area contributed by atoms with Crippen molar-refractivity contribution in [3.63, 3.8) is 0 Å². The van der Waals surface area contributed by atoms with Crippen LogP contribution in [0, 0.1) is 18.3 Å². The van der Waals surface area contributed by atoms with Gasteiger partial charge in [-0.15, -0.1) is 11.6 Å². The Morgan fingerprint density at radius 1 is 1.19 bits per heavy atom. The summed E-state index contributed by atoms with van der Waals surface area (Å²) in [6.07, 6.45) is 0.990. The van der Waals surface area contributed by atoms with E-state index in [-0.39, 0.29) is 17.2 Å². The molecule has 4 rings (SSSR count). The summed E-state index contributed by atoms with van der Waals surface area (Å²) in [6, 6.07) is 13.2. The molecule has 1 aromatic heterocycles. The van der Waals surface area contributed by atoms with E-state index < -0.39 is 0 Å². The van der Waals surface area contributed by atoms with Crippen molar-refractivity contribution in [3.05, 3.63) is 47.7 Å². The summed E-state index contributed by atoms with van der Waals surface area (Å²) in [5.74, 6) is 1.05. The lowest BCUT2D eigenvalue weighted by Crippen LogP contribution is -2.25. The molecule has 0 bridgehead atoms. The molecule has 0 unspecified atom stereocenters. The van der Waals surface area contributed by atoms with E-state index in [0.717, 1.165) is 6.42 Å². The highest BCUT2D eigenvalue weighted by Gasteiger charge is 2.58. The van der Waals surface area contributed by atoms with Crippen molar-refractivity contribution in [2.24, 2.45) is 18.4 Å². The predicted molar refractivity (Wildman–Crippen MR) is 114 cm³/mol. The van der Waals surface area contributed by atoms with E-state index in [1.54, 1.807) is 0 Å². The number of aryl methyl sites for hydroxylation is 1. The van der Waals surface area contributed by atoms with E-state index in [0.29, 0.717) is 18.4 Å². The molecular formula is C23H27ClN2O. The SMILES string of the molecule is Cc1c([C@H]2[C@H](CCNC(=O)CCl)C2(C)C)c2ccc3ccccc3c2n1C. The molecule has 1 fully saturated rings. The van der Waals surface area contributed by atoms with Crippen molar-refractivity contribution >= 4 is 39.2 Å². The number of rotatable bonds is 5. The highest BCUT2D eigenvalue weighted by molar-refractivity contribution is 6.27. The fraction of sp³-hybridized carbons (Fsp3) is 0.435. The van der Waals surface area contributed by atoms with Crippen LogP contribution in [0.2, 0.25) is 0 Å². The zero-order valence-electron chi connectivity index (χ0n) is 16.5. The minimum absolute atomic E-state index is 0.0347. The largest absolute Gasteiger partial charge is 0.355 e. The van der Waals surface area contributed by atoms with Gasteiger partial charge in [0, 0.05) is 30.1 Å². The van der Waals surface area contributed by atoms with Gasteiger partial charge in [0.1, 0.15) is 5.88 Å². The first-order valence-corrected chi connectivity index (χ1v) is 10.2. The van der Waals surface area contributed by atoms with E-state index in [1.165, 1.54) is 32.9 Å². The number of benzene rings is 2. The first-order valence-electron chi connectivity index (χ1n) is 9.67. The Hall–Kier alpha value is -2.00. The Morgan fingerprint density at radius 3 is 2.67 bits per heavy atom. The van der Waals surface area contributed by atoms with Crippen LogP contribution in [0.25, 0.3) is 21.7 Å². The molecule has 0 saturated heterocycles. The maximum atomic E-state index is 11.4. The van der Waals surface area contributed by atoms with Crippen LogP contribution in [0.5, 0.6) is 0 Å². The molecule has 4 heteroatoms. The summed E-state index contributed by atoms with van der Waals surface area (Å²) in [5.41, 5.74) is 4.41. The van der Waals surface area contributed by atoms with Crippen LogP contribution in [0.1, 0.15) is 37.4 Å². The number of carbonyl (C=O) groups excluding carboxylic acids is 1. The van der Waals surface area contributed by atoms with Crippen molar-refractivity contribution < 1.29 is 4.79 Å². The number of alkyl halides is 1. The summed E-state index contributed by atoms with van der Waals surface area (Å²) < 4.78 is 2.35. The van der Waals surface area contributed by atoms with E-state index >= 15 is 0 Å². The second-order valence-corrected chi connectivity index (χ2v) is 8.69. The van der Waals surface area contributed by atoms with Gasteiger partial charge in [0.05, 0.1) is 5.52 Å². The van der Waals surface area contributed by atoms with Crippen molar-refractivity contribution in [1.82, 2.24) is 9.88 Å². The highest BCUT2D eigenvalue weighted by Crippen LogP contribution is 2.67. The molecule has 1 N–H and O–H groups in total. The number of nitrogens with zero attached hydrogens (tertiary/aromatic N) is 1. The summed E-state index contributed by atoms with van der Waals surface area (Å²) in [6.45, 7) is 7.64. The van der Waals surface area contributed by atoms with E-state index in [4.69, 9.17) is 11.6 Å². The Bertz CT molecular complexity index is 1030. The second-order valence-electron chi connectivity index (χ2n) is 8.42. The molecule has 1 amide bonds. The van der Waals surface area contributed by atoms with Gasteiger partial charge in [-0.3, -0.25) is 4.79 Å². The van der Waals surface area contributed by atoms with Gasteiger partial charge in [-0.2, -0.15) is 0 Å². The quantitative estimate of drug-likeness (QED) is 0.610. The van der Waals surface area contributed by atoms with Crippen molar-refractivity contribution in [2.75, 3.05) is 12.4 Å². The number of halogens is 1. The number of fused-ring (bicyclic) bond motifs is 3.